The number of carbonyl (C=O) groups is 1. The Kier molecular flexibility index (Phi) is 5.44. The van der Waals surface area contributed by atoms with Crippen LogP contribution in [0.5, 0.6) is 0 Å². The summed E-state index contributed by atoms with van der Waals surface area (Å²) in [6.45, 7) is 0.338. The first-order valence-corrected chi connectivity index (χ1v) is 5.90. The van der Waals surface area contributed by atoms with Crippen LogP contribution in [-0.4, -0.2) is 32.9 Å². The zero-order chi connectivity index (χ0) is 13.3. The molecule has 1 aliphatic heterocycles. The molecule has 1 aromatic rings. The van der Waals surface area contributed by atoms with Gasteiger partial charge in [0.15, 0.2) is 0 Å². The molecule has 1 amide bonds. The van der Waals surface area contributed by atoms with Gasteiger partial charge in [0.2, 0.25) is 0 Å². The van der Waals surface area contributed by atoms with Crippen molar-refractivity contribution < 1.29 is 52.8 Å². The Morgan fingerprint density at radius 1 is 1.42 bits per heavy atom. The third-order valence-corrected chi connectivity index (χ3v) is 3.03. The smallest absolute Gasteiger partial charge is 0.768 e. The van der Waals surface area contributed by atoms with Crippen LogP contribution in [0.15, 0.2) is 23.1 Å². The van der Waals surface area contributed by atoms with Gasteiger partial charge in [0, 0.05) is 11.0 Å². The van der Waals surface area contributed by atoms with Crippen LogP contribution in [0.25, 0.3) is 0 Å². The summed E-state index contributed by atoms with van der Waals surface area (Å²) in [5.41, 5.74) is -0.424. The molecular formula is C9H7N2NaO6S. The number of carbonyl (C=O) groups excluding carboxylic acids is 1. The maximum absolute atomic E-state index is 11.3. The molecule has 0 aromatic heterocycles. The Balaban J connectivity index is 0.00000180. The molecule has 0 radical (unpaired) electrons. The molecule has 0 aliphatic carbocycles. The SMILES string of the molecule is O=C1OCCN1c1ccc(S(=O)[O-])cc1[N+](=O)[O-].[Na+]. The molecular weight excluding hydrogens is 287 g/mol. The monoisotopic (exact) mass is 294 g/mol. The minimum absolute atomic E-state index is 0. The molecule has 1 atom stereocenters. The van der Waals surface area contributed by atoms with Crippen molar-refractivity contribution in [3.63, 3.8) is 0 Å². The summed E-state index contributed by atoms with van der Waals surface area (Å²) in [6, 6.07) is 3.32. The van der Waals surface area contributed by atoms with Crippen LogP contribution in [-0.2, 0) is 15.8 Å². The first kappa shape index (κ1) is 16.1. The number of hydrogen-bond acceptors (Lipinski definition) is 6. The van der Waals surface area contributed by atoms with Gasteiger partial charge >= 0.3 is 35.7 Å². The van der Waals surface area contributed by atoms with Gasteiger partial charge in [-0.05, 0) is 23.2 Å². The van der Waals surface area contributed by atoms with E-state index in [4.69, 9.17) is 0 Å². The molecule has 0 spiro atoms. The predicted octanol–water partition coefficient (Wildman–Crippen LogP) is -2.21. The van der Waals surface area contributed by atoms with Crippen LogP contribution < -0.4 is 34.5 Å². The van der Waals surface area contributed by atoms with Gasteiger partial charge in [0.25, 0.3) is 5.69 Å². The zero-order valence-electron chi connectivity index (χ0n) is 9.90. The number of anilines is 1. The van der Waals surface area contributed by atoms with E-state index in [1.165, 1.54) is 12.1 Å². The van der Waals surface area contributed by atoms with Crippen molar-refractivity contribution in [1.29, 1.82) is 0 Å². The maximum atomic E-state index is 11.3. The molecule has 0 N–H and O–H groups in total. The summed E-state index contributed by atoms with van der Waals surface area (Å²) in [6.07, 6.45) is -0.686. The quantitative estimate of drug-likeness (QED) is 0.270. The third-order valence-electron chi connectivity index (χ3n) is 2.39. The minimum atomic E-state index is -2.56. The molecule has 8 nitrogen and oxygen atoms in total. The second-order valence-electron chi connectivity index (χ2n) is 3.41. The van der Waals surface area contributed by atoms with E-state index in [0.717, 1.165) is 11.0 Å². The Morgan fingerprint density at radius 2 is 2.11 bits per heavy atom. The normalized spacial score (nSPS) is 15.6. The van der Waals surface area contributed by atoms with E-state index in [0.29, 0.717) is 0 Å². The first-order valence-electron chi connectivity index (χ1n) is 4.82. The predicted molar refractivity (Wildman–Crippen MR) is 59.0 cm³/mol. The fourth-order valence-corrected chi connectivity index (χ4v) is 1.98. The fraction of sp³-hybridized carbons (Fsp3) is 0.222. The second kappa shape index (κ2) is 6.44. The Hall–Kier alpha value is -1.000. The number of nitro benzene ring substituents is 1. The third kappa shape index (κ3) is 3.31. The van der Waals surface area contributed by atoms with Crippen molar-refractivity contribution in [2.24, 2.45) is 0 Å². The molecule has 0 bridgehead atoms. The van der Waals surface area contributed by atoms with E-state index in [2.05, 4.69) is 4.74 Å². The number of benzene rings is 1. The van der Waals surface area contributed by atoms with Crippen LogP contribution in [0.3, 0.4) is 0 Å². The molecule has 96 valence electrons. The number of ether oxygens (including phenoxy) is 1. The number of hydrogen-bond donors (Lipinski definition) is 0. The van der Waals surface area contributed by atoms with Gasteiger partial charge in [-0.15, -0.1) is 0 Å². The van der Waals surface area contributed by atoms with Crippen molar-refractivity contribution in [2.75, 3.05) is 18.1 Å². The fourth-order valence-electron chi connectivity index (χ4n) is 1.59. The standard InChI is InChI=1S/C9H8N2O6S.Na/c12-9-10(3-4-17-9)7-2-1-6(18(15)16)5-8(7)11(13)14;/h1-2,5H,3-4H2,(H,15,16);/q;+1/p-1. The number of rotatable bonds is 3. The maximum Gasteiger partial charge on any atom is 1.00 e. The van der Waals surface area contributed by atoms with E-state index in [9.17, 15) is 23.7 Å². The number of amides is 1. The topological polar surface area (TPSA) is 113 Å². The summed E-state index contributed by atoms with van der Waals surface area (Å²) >= 11 is -2.56. The van der Waals surface area contributed by atoms with Crippen molar-refractivity contribution in [3.05, 3.63) is 28.3 Å². The Morgan fingerprint density at radius 3 is 2.58 bits per heavy atom. The minimum Gasteiger partial charge on any atom is -0.768 e. The molecule has 1 unspecified atom stereocenters. The summed E-state index contributed by atoms with van der Waals surface area (Å²) in [5, 5.41) is 10.9. The average molecular weight is 294 g/mol. The summed E-state index contributed by atoms with van der Waals surface area (Å²) in [4.78, 5) is 22.4. The number of cyclic esters (lactones) is 1. The van der Waals surface area contributed by atoms with Crippen molar-refractivity contribution in [2.45, 2.75) is 4.90 Å². The van der Waals surface area contributed by atoms with Crippen molar-refractivity contribution >= 4 is 28.5 Å². The van der Waals surface area contributed by atoms with Gasteiger partial charge < -0.3 is 9.29 Å². The molecule has 1 saturated heterocycles. The molecule has 1 fully saturated rings. The molecule has 2 rings (SSSR count). The van der Waals surface area contributed by atoms with Gasteiger partial charge in [-0.1, -0.05) is 0 Å². The largest absolute Gasteiger partial charge is 1.00 e. The second-order valence-corrected chi connectivity index (χ2v) is 4.35. The van der Waals surface area contributed by atoms with E-state index >= 15 is 0 Å². The van der Waals surface area contributed by atoms with Gasteiger partial charge in [-0.25, -0.2) is 4.79 Å². The van der Waals surface area contributed by atoms with E-state index in [1.54, 1.807) is 0 Å². The Bertz CT molecular complexity index is 552. The van der Waals surface area contributed by atoms with Gasteiger partial charge in [-0.2, -0.15) is 0 Å². The van der Waals surface area contributed by atoms with Crippen LogP contribution in [0.4, 0.5) is 16.2 Å². The van der Waals surface area contributed by atoms with Crippen LogP contribution >= 0.6 is 0 Å². The summed E-state index contributed by atoms with van der Waals surface area (Å²) in [7, 11) is 0. The molecule has 10 heteroatoms. The molecule has 0 saturated carbocycles. The molecule has 19 heavy (non-hydrogen) atoms. The van der Waals surface area contributed by atoms with Gasteiger partial charge in [-0.3, -0.25) is 19.2 Å². The van der Waals surface area contributed by atoms with Crippen LogP contribution in [0.1, 0.15) is 0 Å². The summed E-state index contributed by atoms with van der Waals surface area (Å²) < 4.78 is 26.2. The number of nitrogens with zero attached hydrogens (tertiary/aromatic N) is 2. The van der Waals surface area contributed by atoms with Crippen LogP contribution in [0, 0.1) is 10.1 Å². The van der Waals surface area contributed by atoms with Crippen molar-refractivity contribution in [3.8, 4) is 0 Å². The average Bonchev–Trinajstić information content (AvgIpc) is 2.74. The van der Waals surface area contributed by atoms with Crippen LogP contribution in [0.2, 0.25) is 0 Å². The molecule has 1 heterocycles. The number of nitro groups is 1. The van der Waals surface area contributed by atoms with E-state index in [-0.39, 0.29) is 53.3 Å². The summed E-state index contributed by atoms with van der Waals surface area (Å²) in [5.74, 6) is 0. The molecule has 1 aliphatic rings. The van der Waals surface area contributed by atoms with Gasteiger partial charge in [0.1, 0.15) is 12.3 Å². The van der Waals surface area contributed by atoms with E-state index < -0.39 is 27.8 Å². The molecule has 1 aromatic carbocycles. The Labute approximate surface area is 132 Å². The first-order chi connectivity index (χ1) is 8.50. The van der Waals surface area contributed by atoms with E-state index in [1.807, 2.05) is 0 Å². The van der Waals surface area contributed by atoms with Crippen molar-refractivity contribution in [1.82, 2.24) is 0 Å². The van der Waals surface area contributed by atoms with Gasteiger partial charge in [0.05, 0.1) is 11.5 Å². The zero-order valence-corrected chi connectivity index (χ0v) is 12.7.